The van der Waals surface area contributed by atoms with E-state index in [0.717, 1.165) is 6.42 Å². The van der Waals surface area contributed by atoms with Crippen LogP contribution >= 0.6 is 15.9 Å². The Hall–Kier alpha value is -1.27. The topological polar surface area (TPSA) is 51.0 Å². The Bertz CT molecular complexity index is 540. The van der Waals surface area contributed by atoms with Crippen molar-refractivity contribution < 1.29 is 8.81 Å². The lowest BCUT2D eigenvalue weighted by atomic mass is 10.2. The van der Waals surface area contributed by atoms with E-state index in [4.69, 9.17) is 4.42 Å². The van der Waals surface area contributed by atoms with Gasteiger partial charge in [0.2, 0.25) is 11.8 Å². The number of benzene rings is 1. The van der Waals surface area contributed by atoms with Crippen LogP contribution in [0.2, 0.25) is 0 Å². The molecule has 0 aliphatic rings. The second-order valence-electron chi connectivity index (χ2n) is 3.82. The molecule has 0 aliphatic carbocycles. The molecule has 0 fully saturated rings. The zero-order valence-electron chi connectivity index (χ0n) is 10.1. The molecule has 1 aromatic carbocycles. The van der Waals surface area contributed by atoms with Crippen LogP contribution in [0, 0.1) is 5.82 Å². The number of hydrogen-bond donors (Lipinski definition) is 1. The van der Waals surface area contributed by atoms with Crippen LogP contribution in [-0.2, 0) is 0 Å². The van der Waals surface area contributed by atoms with Gasteiger partial charge >= 0.3 is 0 Å². The van der Waals surface area contributed by atoms with Crippen LogP contribution in [0.25, 0.3) is 11.5 Å². The van der Waals surface area contributed by atoms with Crippen molar-refractivity contribution in [2.75, 3.05) is 7.05 Å². The Morgan fingerprint density at radius 2 is 2.22 bits per heavy atom. The zero-order chi connectivity index (χ0) is 13.1. The molecule has 1 heterocycles. The molecule has 0 bridgehead atoms. The molecule has 0 radical (unpaired) electrons. The van der Waals surface area contributed by atoms with Gasteiger partial charge in [-0.2, -0.15) is 0 Å². The van der Waals surface area contributed by atoms with Gasteiger partial charge in [-0.15, -0.1) is 10.2 Å². The van der Waals surface area contributed by atoms with Crippen molar-refractivity contribution in [3.8, 4) is 11.5 Å². The van der Waals surface area contributed by atoms with E-state index in [2.05, 4.69) is 31.4 Å². The minimum atomic E-state index is -0.319. The summed E-state index contributed by atoms with van der Waals surface area (Å²) < 4.78 is 19.1. The van der Waals surface area contributed by atoms with E-state index < -0.39 is 0 Å². The highest BCUT2D eigenvalue weighted by atomic mass is 79.9. The summed E-state index contributed by atoms with van der Waals surface area (Å²) in [4.78, 5) is 0. The normalized spacial score (nSPS) is 12.7. The number of rotatable bonds is 4. The molecule has 4 nitrogen and oxygen atoms in total. The summed E-state index contributed by atoms with van der Waals surface area (Å²) in [5.41, 5.74) is 0.688. The highest BCUT2D eigenvalue weighted by Crippen LogP contribution is 2.25. The lowest BCUT2D eigenvalue weighted by Gasteiger charge is -2.07. The van der Waals surface area contributed by atoms with Crippen LogP contribution in [0.5, 0.6) is 0 Å². The molecule has 6 heteroatoms. The smallest absolute Gasteiger partial charge is 0.247 e. The van der Waals surface area contributed by atoms with Gasteiger partial charge in [-0.3, -0.25) is 0 Å². The number of aromatic nitrogens is 2. The fourth-order valence-electron chi connectivity index (χ4n) is 1.62. The summed E-state index contributed by atoms with van der Waals surface area (Å²) in [6.07, 6.45) is 0.852. The van der Waals surface area contributed by atoms with Gasteiger partial charge in [0.15, 0.2) is 0 Å². The number of nitrogens with zero attached hydrogens (tertiary/aromatic N) is 2. The Morgan fingerprint density at radius 1 is 1.44 bits per heavy atom. The van der Waals surface area contributed by atoms with Crippen molar-refractivity contribution in [3.63, 3.8) is 0 Å². The van der Waals surface area contributed by atoms with Crippen LogP contribution in [0.4, 0.5) is 4.39 Å². The van der Waals surface area contributed by atoms with E-state index >= 15 is 0 Å². The van der Waals surface area contributed by atoms with Gasteiger partial charge < -0.3 is 9.73 Å². The van der Waals surface area contributed by atoms with E-state index in [9.17, 15) is 4.39 Å². The van der Waals surface area contributed by atoms with Crippen LogP contribution in [-0.4, -0.2) is 17.2 Å². The largest absolute Gasteiger partial charge is 0.419 e. The SMILES string of the molecule is CCC(NC)c1nnc(-c2ccc(F)c(Br)c2)o1. The van der Waals surface area contributed by atoms with Gasteiger partial charge in [-0.1, -0.05) is 6.92 Å². The van der Waals surface area contributed by atoms with Gasteiger partial charge in [-0.05, 0) is 47.6 Å². The molecule has 96 valence electrons. The van der Waals surface area contributed by atoms with Crippen LogP contribution < -0.4 is 5.32 Å². The second-order valence-corrected chi connectivity index (χ2v) is 4.68. The van der Waals surface area contributed by atoms with Gasteiger partial charge in [0.25, 0.3) is 0 Å². The summed E-state index contributed by atoms with van der Waals surface area (Å²) in [6, 6.07) is 4.62. The van der Waals surface area contributed by atoms with E-state index in [1.54, 1.807) is 12.1 Å². The van der Waals surface area contributed by atoms with Crippen molar-refractivity contribution in [1.29, 1.82) is 0 Å². The summed E-state index contributed by atoms with van der Waals surface area (Å²) >= 11 is 3.13. The number of halogens is 2. The third kappa shape index (κ3) is 2.59. The summed E-state index contributed by atoms with van der Waals surface area (Å²) in [6.45, 7) is 2.03. The van der Waals surface area contributed by atoms with E-state index in [0.29, 0.717) is 21.8 Å². The molecule has 0 amide bonds. The highest BCUT2D eigenvalue weighted by Gasteiger charge is 2.16. The molecule has 18 heavy (non-hydrogen) atoms. The molecule has 1 atom stereocenters. The molecule has 0 spiro atoms. The van der Waals surface area contributed by atoms with Gasteiger partial charge in [0, 0.05) is 5.56 Å². The monoisotopic (exact) mass is 313 g/mol. The zero-order valence-corrected chi connectivity index (χ0v) is 11.7. The molecule has 2 rings (SSSR count). The molecule has 0 aliphatic heterocycles. The number of nitrogens with one attached hydrogen (secondary N) is 1. The first-order valence-corrected chi connectivity index (χ1v) is 6.41. The molecular weight excluding hydrogens is 301 g/mol. The third-order valence-corrected chi connectivity index (χ3v) is 3.27. The first-order chi connectivity index (χ1) is 8.65. The van der Waals surface area contributed by atoms with Crippen molar-refractivity contribution in [2.45, 2.75) is 19.4 Å². The lowest BCUT2D eigenvalue weighted by Crippen LogP contribution is -2.15. The van der Waals surface area contributed by atoms with Crippen LogP contribution in [0.3, 0.4) is 0 Å². The maximum absolute atomic E-state index is 13.1. The Kier molecular flexibility index (Phi) is 4.08. The molecule has 2 aromatic rings. The standard InChI is InChI=1S/C12H13BrFN3O/c1-3-10(15-2)12-17-16-11(18-12)7-4-5-9(14)8(13)6-7/h4-6,10,15H,3H2,1-2H3. The fourth-order valence-corrected chi connectivity index (χ4v) is 2.00. The lowest BCUT2D eigenvalue weighted by molar-refractivity contribution is 0.415. The van der Waals surface area contributed by atoms with Gasteiger partial charge in [0.05, 0.1) is 10.5 Å². The van der Waals surface area contributed by atoms with E-state index in [-0.39, 0.29) is 11.9 Å². The van der Waals surface area contributed by atoms with Crippen LogP contribution in [0.15, 0.2) is 27.1 Å². The van der Waals surface area contributed by atoms with E-state index in [1.807, 2.05) is 14.0 Å². The maximum atomic E-state index is 13.1. The third-order valence-electron chi connectivity index (χ3n) is 2.66. The first-order valence-electron chi connectivity index (χ1n) is 5.61. The minimum Gasteiger partial charge on any atom is -0.419 e. The predicted molar refractivity (Wildman–Crippen MR) is 69.5 cm³/mol. The Labute approximate surface area is 113 Å². The summed E-state index contributed by atoms with van der Waals surface area (Å²) in [5.74, 6) is 0.606. The molecule has 0 saturated heterocycles. The molecule has 1 aromatic heterocycles. The van der Waals surface area contributed by atoms with Gasteiger partial charge in [0.1, 0.15) is 5.82 Å². The molecule has 1 unspecified atom stereocenters. The van der Waals surface area contributed by atoms with Crippen molar-refractivity contribution in [1.82, 2.24) is 15.5 Å². The fraction of sp³-hybridized carbons (Fsp3) is 0.333. The molecule has 0 saturated carbocycles. The summed E-state index contributed by atoms with van der Waals surface area (Å²) in [7, 11) is 1.84. The van der Waals surface area contributed by atoms with E-state index in [1.165, 1.54) is 6.07 Å². The quantitative estimate of drug-likeness (QED) is 0.941. The van der Waals surface area contributed by atoms with Gasteiger partial charge in [-0.25, -0.2) is 4.39 Å². The Morgan fingerprint density at radius 3 is 2.83 bits per heavy atom. The maximum Gasteiger partial charge on any atom is 0.247 e. The second kappa shape index (κ2) is 5.58. The molecule has 1 N–H and O–H groups in total. The van der Waals surface area contributed by atoms with Crippen LogP contribution in [0.1, 0.15) is 25.3 Å². The van der Waals surface area contributed by atoms with Crippen molar-refractivity contribution in [2.24, 2.45) is 0 Å². The predicted octanol–water partition coefficient (Wildman–Crippen LogP) is 3.31. The Balaban J connectivity index is 2.31. The first kappa shape index (κ1) is 13.2. The average molecular weight is 314 g/mol. The number of hydrogen-bond acceptors (Lipinski definition) is 4. The molecular formula is C12H13BrFN3O. The highest BCUT2D eigenvalue weighted by molar-refractivity contribution is 9.10. The van der Waals surface area contributed by atoms with Crippen molar-refractivity contribution >= 4 is 15.9 Å². The summed E-state index contributed by atoms with van der Waals surface area (Å²) in [5, 5.41) is 11.1. The average Bonchev–Trinajstić information content (AvgIpc) is 2.84. The van der Waals surface area contributed by atoms with Crippen molar-refractivity contribution in [3.05, 3.63) is 34.4 Å². The minimum absolute atomic E-state index is 0.0372.